The smallest absolute Gasteiger partial charge is 0.382 e. The molecule has 3 aromatic heterocycles. The van der Waals surface area contributed by atoms with Gasteiger partial charge in [-0.1, -0.05) is 11.6 Å². The van der Waals surface area contributed by atoms with E-state index in [4.69, 9.17) is 11.6 Å². The number of piperazine rings is 1. The standard InChI is InChI=1S/C28H25ClF4N10O5/c29-15-5-3-14(4-6-15)22-39-42(27(48)41(22)11-19(44)28(31,32)33)12-20-37-24(26(47)40-9-8-34-21(45)13-40)43(38-20)23-16(2-1-7-35-23)25(46)36-18-10-17(18)30/h1-7,17-19,44H,8-13H2,(H,34,45)(H,36,46). The van der Waals surface area contributed by atoms with Crippen molar-refractivity contribution in [3.8, 4) is 17.2 Å². The molecule has 3 atom stereocenters. The average Bonchev–Trinajstić information content (AvgIpc) is 3.44. The summed E-state index contributed by atoms with van der Waals surface area (Å²) in [5.74, 6) is -2.97. The van der Waals surface area contributed by atoms with Crippen LogP contribution < -0.4 is 16.3 Å². The van der Waals surface area contributed by atoms with Crippen molar-refractivity contribution in [2.75, 3.05) is 19.6 Å². The molecule has 3 amide bonds. The summed E-state index contributed by atoms with van der Waals surface area (Å²) in [5.41, 5.74) is -0.952. The summed E-state index contributed by atoms with van der Waals surface area (Å²) in [6, 6.07) is 7.82. The van der Waals surface area contributed by atoms with Gasteiger partial charge in [0.05, 0.1) is 18.2 Å². The quantitative estimate of drug-likeness (QED) is 0.213. The Hall–Kier alpha value is -5.17. The minimum atomic E-state index is -5.04. The molecular formula is C28H25ClF4N10O5. The topological polar surface area (TPSA) is 182 Å². The summed E-state index contributed by atoms with van der Waals surface area (Å²) in [6.07, 6.45) is -7.71. The molecule has 252 valence electrons. The largest absolute Gasteiger partial charge is 0.416 e. The molecule has 4 heterocycles. The normalized spacial score (nSPS) is 18.4. The molecule has 0 spiro atoms. The highest BCUT2D eigenvalue weighted by atomic mass is 35.5. The third kappa shape index (κ3) is 6.77. The molecule has 1 aliphatic carbocycles. The number of halogens is 5. The fourth-order valence-electron chi connectivity index (χ4n) is 4.90. The van der Waals surface area contributed by atoms with Crippen LogP contribution >= 0.6 is 11.6 Å². The highest BCUT2D eigenvalue weighted by molar-refractivity contribution is 6.30. The number of aromatic nitrogens is 7. The van der Waals surface area contributed by atoms with Gasteiger partial charge in [-0.05, 0) is 36.4 Å². The van der Waals surface area contributed by atoms with E-state index >= 15 is 0 Å². The zero-order chi connectivity index (χ0) is 34.3. The van der Waals surface area contributed by atoms with Gasteiger partial charge >= 0.3 is 11.9 Å². The minimum absolute atomic E-state index is 0.0916. The van der Waals surface area contributed by atoms with Gasteiger partial charge in [-0.3, -0.25) is 19.0 Å². The number of nitrogens with zero attached hydrogens (tertiary/aromatic N) is 8. The van der Waals surface area contributed by atoms with E-state index in [9.17, 15) is 41.8 Å². The van der Waals surface area contributed by atoms with E-state index in [0.29, 0.717) is 9.59 Å². The maximum atomic E-state index is 13.7. The zero-order valence-corrected chi connectivity index (χ0v) is 25.3. The summed E-state index contributed by atoms with van der Waals surface area (Å²) in [5, 5.41) is 23.7. The van der Waals surface area contributed by atoms with E-state index in [0.717, 1.165) is 9.36 Å². The van der Waals surface area contributed by atoms with Crippen molar-refractivity contribution in [1.82, 2.24) is 49.6 Å². The number of amides is 3. The van der Waals surface area contributed by atoms with Crippen molar-refractivity contribution in [2.45, 2.75) is 44.0 Å². The number of benzene rings is 1. The Kier molecular flexibility index (Phi) is 8.73. The predicted molar refractivity (Wildman–Crippen MR) is 157 cm³/mol. The van der Waals surface area contributed by atoms with Crippen LogP contribution in [0.15, 0.2) is 47.4 Å². The number of aliphatic hydroxyl groups is 1. The van der Waals surface area contributed by atoms with E-state index < -0.39 is 66.8 Å². The van der Waals surface area contributed by atoms with E-state index in [-0.39, 0.29) is 54.6 Å². The number of pyridine rings is 1. The molecule has 48 heavy (non-hydrogen) atoms. The molecule has 1 aliphatic heterocycles. The number of carbonyl (C=O) groups excluding carboxylic acids is 3. The SMILES string of the molecule is O=C1CN(C(=O)c2nc(Cn3nc(-c4ccc(Cl)cc4)n(CC(O)C(F)(F)F)c3=O)nn2-c2ncccc2C(=O)NC2CC2F)CCN1. The van der Waals surface area contributed by atoms with Gasteiger partial charge in [0, 0.05) is 36.3 Å². The van der Waals surface area contributed by atoms with Gasteiger partial charge < -0.3 is 20.6 Å². The van der Waals surface area contributed by atoms with Gasteiger partial charge in [0.1, 0.15) is 19.3 Å². The lowest BCUT2D eigenvalue weighted by atomic mass is 10.2. The van der Waals surface area contributed by atoms with Gasteiger partial charge in [0.15, 0.2) is 23.6 Å². The molecule has 2 aliphatic rings. The summed E-state index contributed by atoms with van der Waals surface area (Å²) < 4.78 is 55.8. The molecule has 4 aromatic rings. The first-order chi connectivity index (χ1) is 22.8. The van der Waals surface area contributed by atoms with E-state index in [1.807, 2.05) is 0 Å². The number of rotatable bonds is 9. The van der Waals surface area contributed by atoms with Gasteiger partial charge in [0.25, 0.3) is 11.8 Å². The average molecular weight is 693 g/mol. The van der Waals surface area contributed by atoms with Crippen LogP contribution in [0, 0.1) is 0 Å². The molecule has 0 radical (unpaired) electrons. The monoisotopic (exact) mass is 692 g/mol. The minimum Gasteiger partial charge on any atom is -0.382 e. The lowest BCUT2D eigenvalue weighted by Crippen LogP contribution is -2.50. The Morgan fingerprint density at radius 3 is 2.54 bits per heavy atom. The van der Waals surface area contributed by atoms with Gasteiger partial charge in [-0.25, -0.2) is 23.8 Å². The summed E-state index contributed by atoms with van der Waals surface area (Å²) in [7, 11) is 0. The van der Waals surface area contributed by atoms with Crippen LogP contribution in [0.5, 0.6) is 0 Å². The summed E-state index contributed by atoms with van der Waals surface area (Å²) >= 11 is 5.95. The molecule has 6 rings (SSSR count). The third-order valence-electron chi connectivity index (χ3n) is 7.48. The Morgan fingerprint density at radius 1 is 1.15 bits per heavy atom. The molecule has 20 heteroatoms. The second-order valence-corrected chi connectivity index (χ2v) is 11.4. The second kappa shape index (κ2) is 12.8. The zero-order valence-electron chi connectivity index (χ0n) is 24.6. The van der Waals surface area contributed by atoms with E-state index in [1.165, 1.54) is 47.5 Å². The van der Waals surface area contributed by atoms with Crippen LogP contribution in [0.4, 0.5) is 17.6 Å². The second-order valence-electron chi connectivity index (χ2n) is 11.0. The van der Waals surface area contributed by atoms with Crippen molar-refractivity contribution in [1.29, 1.82) is 0 Å². The predicted octanol–water partition coefficient (Wildman–Crippen LogP) is 0.725. The molecule has 1 aromatic carbocycles. The van der Waals surface area contributed by atoms with E-state index in [2.05, 4.69) is 30.8 Å². The number of nitrogens with one attached hydrogen (secondary N) is 2. The van der Waals surface area contributed by atoms with Gasteiger partial charge in [-0.15, -0.1) is 10.2 Å². The van der Waals surface area contributed by atoms with Crippen LogP contribution in [0.3, 0.4) is 0 Å². The molecule has 3 N–H and O–H groups in total. The molecule has 0 bridgehead atoms. The highest BCUT2D eigenvalue weighted by Crippen LogP contribution is 2.27. The lowest BCUT2D eigenvalue weighted by molar-refractivity contribution is -0.207. The van der Waals surface area contributed by atoms with Crippen LogP contribution in [0.1, 0.15) is 33.2 Å². The maximum absolute atomic E-state index is 13.7. The Labute approximate surface area is 272 Å². The maximum Gasteiger partial charge on any atom is 0.416 e. The molecular weight excluding hydrogens is 668 g/mol. The molecule has 1 saturated carbocycles. The lowest BCUT2D eigenvalue weighted by Gasteiger charge is -2.26. The Bertz CT molecular complexity index is 1940. The van der Waals surface area contributed by atoms with Crippen molar-refractivity contribution in [3.63, 3.8) is 0 Å². The number of carbonyl (C=O) groups is 3. The first kappa shape index (κ1) is 32.8. The number of aliphatic hydroxyl groups excluding tert-OH is 1. The van der Waals surface area contributed by atoms with Crippen LogP contribution in [0.2, 0.25) is 5.02 Å². The first-order valence-electron chi connectivity index (χ1n) is 14.4. The number of alkyl halides is 4. The Morgan fingerprint density at radius 2 is 1.88 bits per heavy atom. The van der Waals surface area contributed by atoms with Crippen LogP contribution in [0.25, 0.3) is 17.2 Å². The number of hydrogen-bond donors (Lipinski definition) is 3. The fraction of sp³-hybridized carbons (Fsp3) is 0.357. The van der Waals surface area contributed by atoms with Crippen LogP contribution in [-0.2, 0) is 17.9 Å². The van der Waals surface area contributed by atoms with E-state index in [1.54, 1.807) is 0 Å². The van der Waals surface area contributed by atoms with Gasteiger partial charge in [0.2, 0.25) is 11.7 Å². The summed E-state index contributed by atoms with van der Waals surface area (Å²) in [6.45, 7) is -1.82. The van der Waals surface area contributed by atoms with Gasteiger partial charge in [-0.2, -0.15) is 17.9 Å². The third-order valence-corrected chi connectivity index (χ3v) is 7.73. The molecule has 1 saturated heterocycles. The summed E-state index contributed by atoms with van der Waals surface area (Å²) in [4.78, 5) is 61.9. The first-order valence-corrected chi connectivity index (χ1v) is 14.8. The van der Waals surface area contributed by atoms with Crippen molar-refractivity contribution < 1.29 is 37.1 Å². The highest BCUT2D eigenvalue weighted by Gasteiger charge is 2.40. The van der Waals surface area contributed by atoms with Crippen LogP contribution in [-0.4, -0.2) is 106 Å². The fourth-order valence-corrected chi connectivity index (χ4v) is 5.02. The molecule has 15 nitrogen and oxygen atoms in total. The number of hydrogen-bond acceptors (Lipinski definition) is 9. The molecule has 3 unspecified atom stereocenters. The van der Waals surface area contributed by atoms with Crippen molar-refractivity contribution >= 4 is 29.3 Å². The van der Waals surface area contributed by atoms with Crippen molar-refractivity contribution in [2.24, 2.45) is 0 Å². The molecule has 2 fully saturated rings. The van der Waals surface area contributed by atoms with Crippen molar-refractivity contribution in [3.05, 3.63) is 75.3 Å². The Balaban J connectivity index is 1.42.